The summed E-state index contributed by atoms with van der Waals surface area (Å²) in [6, 6.07) is 5.70. The summed E-state index contributed by atoms with van der Waals surface area (Å²) < 4.78 is 0. The van der Waals surface area contributed by atoms with Crippen molar-refractivity contribution in [2.24, 2.45) is 0 Å². The van der Waals surface area contributed by atoms with Crippen molar-refractivity contribution in [2.75, 3.05) is 18.4 Å². The Kier molecular flexibility index (Phi) is 4.16. The molecular weight excluding hydrogens is 242 g/mol. The van der Waals surface area contributed by atoms with E-state index in [0.29, 0.717) is 24.6 Å². The molecule has 1 aromatic carbocycles. The molecule has 102 valence electrons. The van der Waals surface area contributed by atoms with Gasteiger partial charge in [0.2, 0.25) is 5.91 Å². The van der Waals surface area contributed by atoms with E-state index >= 15 is 0 Å². The molecular formula is C14H19N3O2. The average Bonchev–Trinajstić information content (AvgIpc) is 2.73. The molecule has 3 N–H and O–H groups in total. The minimum Gasteiger partial charge on any atom is -0.351 e. The minimum atomic E-state index is -0.104. The van der Waals surface area contributed by atoms with Gasteiger partial charge in [-0.25, -0.2) is 0 Å². The van der Waals surface area contributed by atoms with Crippen molar-refractivity contribution < 1.29 is 9.59 Å². The Morgan fingerprint density at radius 3 is 2.89 bits per heavy atom. The normalized spacial score (nSPS) is 13.3. The smallest absolute Gasteiger partial charge is 0.251 e. The topological polar surface area (TPSA) is 70.2 Å². The van der Waals surface area contributed by atoms with Gasteiger partial charge in [-0.15, -0.1) is 0 Å². The van der Waals surface area contributed by atoms with E-state index in [2.05, 4.69) is 29.8 Å². The fraction of sp³-hybridized carbons (Fsp3) is 0.429. The zero-order chi connectivity index (χ0) is 13.8. The van der Waals surface area contributed by atoms with Crippen LogP contribution in [0.2, 0.25) is 0 Å². The highest BCUT2D eigenvalue weighted by Crippen LogP contribution is 2.23. The van der Waals surface area contributed by atoms with Crippen molar-refractivity contribution in [2.45, 2.75) is 26.3 Å². The predicted octanol–water partition coefficient (Wildman–Crippen LogP) is 0.909. The van der Waals surface area contributed by atoms with Gasteiger partial charge in [-0.05, 0) is 23.8 Å². The van der Waals surface area contributed by atoms with Crippen LogP contribution in [0.5, 0.6) is 0 Å². The lowest BCUT2D eigenvalue weighted by molar-refractivity contribution is -0.115. The van der Waals surface area contributed by atoms with Crippen molar-refractivity contribution in [3.8, 4) is 0 Å². The van der Waals surface area contributed by atoms with Gasteiger partial charge in [-0.3, -0.25) is 9.59 Å². The molecule has 0 aliphatic carbocycles. The lowest BCUT2D eigenvalue weighted by atomic mass is 10.1. The van der Waals surface area contributed by atoms with Gasteiger partial charge in [0.15, 0.2) is 0 Å². The van der Waals surface area contributed by atoms with Crippen LogP contribution in [0.1, 0.15) is 29.8 Å². The van der Waals surface area contributed by atoms with Crippen molar-refractivity contribution in [3.63, 3.8) is 0 Å². The van der Waals surface area contributed by atoms with Gasteiger partial charge >= 0.3 is 0 Å². The molecule has 0 saturated carbocycles. The second-order valence-corrected chi connectivity index (χ2v) is 4.96. The van der Waals surface area contributed by atoms with Gasteiger partial charge < -0.3 is 16.0 Å². The summed E-state index contributed by atoms with van der Waals surface area (Å²) in [7, 11) is 0. The quantitative estimate of drug-likeness (QED) is 0.690. The fourth-order valence-corrected chi connectivity index (χ4v) is 2.01. The highest BCUT2D eigenvalue weighted by Gasteiger charge is 2.18. The maximum absolute atomic E-state index is 11.9. The lowest BCUT2D eigenvalue weighted by Crippen LogP contribution is -2.34. The first kappa shape index (κ1) is 13.5. The van der Waals surface area contributed by atoms with Crippen molar-refractivity contribution in [3.05, 3.63) is 29.3 Å². The van der Waals surface area contributed by atoms with E-state index in [9.17, 15) is 9.59 Å². The van der Waals surface area contributed by atoms with Gasteiger partial charge in [0.25, 0.3) is 5.91 Å². The number of carbonyl (C=O) groups is 2. The van der Waals surface area contributed by atoms with E-state index in [0.717, 1.165) is 17.8 Å². The molecule has 0 saturated heterocycles. The molecule has 19 heavy (non-hydrogen) atoms. The summed E-state index contributed by atoms with van der Waals surface area (Å²) in [5.41, 5.74) is 2.29. The number of nitrogens with one attached hydrogen (secondary N) is 3. The van der Waals surface area contributed by atoms with E-state index in [1.165, 1.54) is 0 Å². The molecule has 2 amide bonds. The van der Waals surface area contributed by atoms with Crippen molar-refractivity contribution in [1.82, 2.24) is 10.6 Å². The van der Waals surface area contributed by atoms with E-state index in [4.69, 9.17) is 0 Å². The number of hydrogen-bond donors (Lipinski definition) is 3. The van der Waals surface area contributed by atoms with Crippen LogP contribution < -0.4 is 16.0 Å². The van der Waals surface area contributed by atoms with E-state index in [-0.39, 0.29) is 11.8 Å². The highest BCUT2D eigenvalue weighted by atomic mass is 16.2. The molecule has 0 atom stereocenters. The predicted molar refractivity (Wildman–Crippen MR) is 74.2 cm³/mol. The number of rotatable bonds is 5. The standard InChI is InChI=1S/C14H19N3O2/c1-9(2)15-5-6-16-14(19)10-3-4-12-11(7-10)8-13(18)17-12/h3-4,7,9,15H,5-6,8H2,1-2H3,(H,16,19)(H,17,18). The first-order valence-corrected chi connectivity index (χ1v) is 6.50. The zero-order valence-corrected chi connectivity index (χ0v) is 11.2. The van der Waals surface area contributed by atoms with E-state index < -0.39 is 0 Å². The Morgan fingerprint density at radius 1 is 1.37 bits per heavy atom. The lowest BCUT2D eigenvalue weighted by Gasteiger charge is -2.09. The van der Waals surface area contributed by atoms with Crippen molar-refractivity contribution in [1.29, 1.82) is 0 Å². The van der Waals surface area contributed by atoms with Crippen LogP contribution in [0.25, 0.3) is 0 Å². The van der Waals surface area contributed by atoms with Gasteiger partial charge in [0.1, 0.15) is 0 Å². The monoisotopic (exact) mass is 261 g/mol. The third-order valence-corrected chi connectivity index (χ3v) is 2.96. The summed E-state index contributed by atoms with van der Waals surface area (Å²) in [6.45, 7) is 5.46. The van der Waals surface area contributed by atoms with Gasteiger partial charge in [0.05, 0.1) is 6.42 Å². The molecule has 1 aliphatic heterocycles. The zero-order valence-electron chi connectivity index (χ0n) is 11.2. The van der Waals surface area contributed by atoms with Crippen LogP contribution in [0, 0.1) is 0 Å². The Hall–Kier alpha value is -1.88. The average molecular weight is 261 g/mol. The largest absolute Gasteiger partial charge is 0.351 e. The molecule has 0 aromatic heterocycles. The summed E-state index contributed by atoms with van der Waals surface area (Å²) in [5.74, 6) is -0.124. The molecule has 2 rings (SSSR count). The van der Waals surface area contributed by atoms with Crippen LogP contribution in [0.15, 0.2) is 18.2 Å². The molecule has 0 radical (unpaired) electrons. The van der Waals surface area contributed by atoms with Crippen LogP contribution in [0.3, 0.4) is 0 Å². The highest BCUT2D eigenvalue weighted by molar-refractivity contribution is 6.01. The third kappa shape index (κ3) is 3.54. The molecule has 1 heterocycles. The first-order chi connectivity index (χ1) is 9.06. The minimum absolute atomic E-state index is 0.0197. The van der Waals surface area contributed by atoms with Crippen LogP contribution in [-0.2, 0) is 11.2 Å². The summed E-state index contributed by atoms with van der Waals surface area (Å²) >= 11 is 0. The molecule has 0 bridgehead atoms. The molecule has 0 spiro atoms. The van der Waals surface area contributed by atoms with E-state index in [1.807, 2.05) is 0 Å². The Morgan fingerprint density at radius 2 is 2.16 bits per heavy atom. The third-order valence-electron chi connectivity index (χ3n) is 2.96. The molecule has 1 aromatic rings. The number of fused-ring (bicyclic) bond motifs is 1. The summed E-state index contributed by atoms with van der Waals surface area (Å²) in [5, 5.41) is 8.83. The Balaban J connectivity index is 1.90. The molecule has 0 fully saturated rings. The first-order valence-electron chi connectivity index (χ1n) is 6.50. The van der Waals surface area contributed by atoms with Crippen LogP contribution in [-0.4, -0.2) is 30.9 Å². The number of carbonyl (C=O) groups excluding carboxylic acids is 2. The fourth-order valence-electron chi connectivity index (χ4n) is 2.01. The van der Waals surface area contributed by atoms with Gasteiger partial charge in [-0.1, -0.05) is 13.8 Å². The molecule has 5 nitrogen and oxygen atoms in total. The van der Waals surface area contributed by atoms with E-state index in [1.54, 1.807) is 18.2 Å². The van der Waals surface area contributed by atoms with Crippen molar-refractivity contribution >= 4 is 17.5 Å². The number of benzene rings is 1. The summed E-state index contributed by atoms with van der Waals surface area (Å²) in [6.07, 6.45) is 0.353. The van der Waals surface area contributed by atoms with Gasteiger partial charge in [0, 0.05) is 30.4 Å². The van der Waals surface area contributed by atoms with Crippen LogP contribution in [0.4, 0.5) is 5.69 Å². The maximum Gasteiger partial charge on any atom is 0.251 e. The second kappa shape index (κ2) is 5.84. The molecule has 1 aliphatic rings. The Bertz CT molecular complexity index is 497. The number of hydrogen-bond acceptors (Lipinski definition) is 3. The number of amides is 2. The molecule has 0 unspecified atom stereocenters. The second-order valence-electron chi connectivity index (χ2n) is 4.96. The summed E-state index contributed by atoms with van der Waals surface area (Å²) in [4.78, 5) is 23.2. The Labute approximate surface area is 112 Å². The number of anilines is 1. The van der Waals surface area contributed by atoms with Gasteiger partial charge in [-0.2, -0.15) is 0 Å². The SMILES string of the molecule is CC(C)NCCNC(=O)c1ccc2c(c1)CC(=O)N2. The van der Waals surface area contributed by atoms with Crippen LogP contribution >= 0.6 is 0 Å². The molecule has 5 heteroatoms. The maximum atomic E-state index is 11.9.